The lowest BCUT2D eigenvalue weighted by Gasteiger charge is -2.24. The van der Waals surface area contributed by atoms with Crippen LogP contribution in [0.4, 0.5) is 0 Å². The first-order valence-electron chi connectivity index (χ1n) is 11.0. The van der Waals surface area contributed by atoms with E-state index in [0.29, 0.717) is 12.5 Å². The number of rotatable bonds is 3. The molecule has 2 heterocycles. The highest BCUT2D eigenvalue weighted by atomic mass is 16.1. The number of allylic oxidation sites excluding steroid dienone is 1. The summed E-state index contributed by atoms with van der Waals surface area (Å²) in [6, 6.07) is 14.5. The number of carbonyl (C=O) groups is 2. The Balaban J connectivity index is 1.87. The summed E-state index contributed by atoms with van der Waals surface area (Å²) in [4.78, 5) is 24.6. The molecular formula is C27H27NO2. The molecule has 3 aromatic rings. The molecule has 2 aliphatic rings. The number of Topliss-reactive ketones (excluding diaryl/α,β-unsaturated/α-hetero) is 2. The van der Waals surface area contributed by atoms with Crippen molar-refractivity contribution in [2.24, 2.45) is 0 Å². The Bertz CT molecular complexity index is 1210. The summed E-state index contributed by atoms with van der Waals surface area (Å²) in [5.41, 5.74) is 7.54. The van der Waals surface area contributed by atoms with E-state index in [0.717, 1.165) is 22.2 Å². The van der Waals surface area contributed by atoms with E-state index in [1.165, 1.54) is 54.3 Å². The van der Waals surface area contributed by atoms with E-state index < -0.39 is 0 Å². The van der Waals surface area contributed by atoms with Gasteiger partial charge < -0.3 is 4.57 Å². The molecule has 1 aliphatic heterocycles. The second-order valence-electron chi connectivity index (χ2n) is 8.78. The Hall–Kier alpha value is -2.94. The van der Waals surface area contributed by atoms with Gasteiger partial charge in [0.15, 0.2) is 11.6 Å². The number of hydrogen-bond acceptors (Lipinski definition) is 2. The van der Waals surface area contributed by atoms with Crippen LogP contribution < -0.4 is 0 Å². The monoisotopic (exact) mass is 397 g/mol. The van der Waals surface area contributed by atoms with E-state index >= 15 is 0 Å². The third-order valence-electron chi connectivity index (χ3n) is 6.85. The fourth-order valence-corrected chi connectivity index (χ4v) is 5.31. The molecule has 0 saturated heterocycles. The minimum Gasteiger partial charge on any atom is -0.336 e. The standard InChI is InChI=1S/C27H27NO2/c1-17(29)20-12-13-24-25(15-20)28-16-22(18(2)30)14-21-10-6-7-11-23(21)27(28)26(24)19-8-4-3-5-9-19/h6-7,10-15,19H,3-5,8-9,16H2,1-2H3. The van der Waals surface area contributed by atoms with Gasteiger partial charge in [0.2, 0.25) is 0 Å². The minimum absolute atomic E-state index is 0.0722. The normalized spacial score (nSPS) is 16.5. The molecule has 1 aliphatic carbocycles. The lowest BCUT2D eigenvalue weighted by Crippen LogP contribution is -2.09. The predicted molar refractivity (Wildman–Crippen MR) is 122 cm³/mol. The maximum atomic E-state index is 12.5. The van der Waals surface area contributed by atoms with E-state index in [-0.39, 0.29) is 11.6 Å². The van der Waals surface area contributed by atoms with Crippen LogP contribution in [0.25, 0.3) is 28.2 Å². The van der Waals surface area contributed by atoms with Crippen LogP contribution in [0.5, 0.6) is 0 Å². The second-order valence-corrected chi connectivity index (χ2v) is 8.78. The summed E-state index contributed by atoms with van der Waals surface area (Å²) in [5, 5.41) is 1.24. The molecule has 1 fully saturated rings. The van der Waals surface area contributed by atoms with Crippen molar-refractivity contribution in [1.82, 2.24) is 4.57 Å². The smallest absolute Gasteiger partial charge is 0.159 e. The topological polar surface area (TPSA) is 39.1 Å². The molecule has 0 amide bonds. The molecule has 3 heteroatoms. The molecular weight excluding hydrogens is 370 g/mol. The zero-order valence-corrected chi connectivity index (χ0v) is 17.7. The Kier molecular flexibility index (Phi) is 4.69. The van der Waals surface area contributed by atoms with Crippen LogP contribution in [0.2, 0.25) is 0 Å². The first-order chi connectivity index (χ1) is 14.5. The molecule has 1 aromatic heterocycles. The Morgan fingerprint density at radius 3 is 2.43 bits per heavy atom. The molecule has 0 bridgehead atoms. The van der Waals surface area contributed by atoms with Gasteiger partial charge in [-0.05, 0) is 55.9 Å². The van der Waals surface area contributed by atoms with Gasteiger partial charge in [-0.1, -0.05) is 55.7 Å². The highest BCUT2D eigenvalue weighted by molar-refractivity contribution is 6.04. The fourth-order valence-electron chi connectivity index (χ4n) is 5.31. The van der Waals surface area contributed by atoms with Crippen LogP contribution in [-0.2, 0) is 11.3 Å². The summed E-state index contributed by atoms with van der Waals surface area (Å²) in [6.45, 7) is 3.81. The predicted octanol–water partition coefficient (Wildman–Crippen LogP) is 6.54. The highest BCUT2D eigenvalue weighted by Crippen LogP contribution is 2.46. The van der Waals surface area contributed by atoms with Gasteiger partial charge in [-0.3, -0.25) is 9.59 Å². The van der Waals surface area contributed by atoms with Crippen LogP contribution in [0, 0.1) is 0 Å². The van der Waals surface area contributed by atoms with Crippen LogP contribution in [-0.4, -0.2) is 16.1 Å². The summed E-state index contributed by atoms with van der Waals surface area (Å²) in [7, 11) is 0. The molecule has 0 N–H and O–H groups in total. The van der Waals surface area contributed by atoms with Crippen molar-refractivity contribution < 1.29 is 9.59 Å². The van der Waals surface area contributed by atoms with Gasteiger partial charge in [0.05, 0.1) is 12.2 Å². The van der Waals surface area contributed by atoms with Crippen molar-refractivity contribution in [2.75, 3.05) is 0 Å². The zero-order valence-electron chi connectivity index (χ0n) is 17.7. The van der Waals surface area contributed by atoms with Gasteiger partial charge in [0, 0.05) is 27.6 Å². The number of aromatic nitrogens is 1. The molecule has 1 saturated carbocycles. The summed E-state index contributed by atoms with van der Waals surface area (Å²) in [5.74, 6) is 0.692. The molecule has 0 radical (unpaired) electrons. The maximum Gasteiger partial charge on any atom is 0.159 e. The number of ketones is 2. The molecule has 3 nitrogen and oxygen atoms in total. The Labute approximate surface area is 177 Å². The molecule has 30 heavy (non-hydrogen) atoms. The second kappa shape index (κ2) is 7.39. The van der Waals surface area contributed by atoms with E-state index in [4.69, 9.17) is 0 Å². The molecule has 5 rings (SSSR count). The van der Waals surface area contributed by atoms with Crippen molar-refractivity contribution in [3.8, 4) is 11.3 Å². The minimum atomic E-state index is 0.0722. The molecule has 2 aromatic carbocycles. The molecule has 152 valence electrons. The molecule has 0 unspecified atom stereocenters. The van der Waals surface area contributed by atoms with E-state index in [2.05, 4.69) is 34.9 Å². The van der Waals surface area contributed by atoms with E-state index in [1.807, 2.05) is 18.2 Å². The van der Waals surface area contributed by atoms with Crippen molar-refractivity contribution in [1.29, 1.82) is 0 Å². The summed E-state index contributed by atoms with van der Waals surface area (Å²) in [6.07, 6.45) is 8.30. The van der Waals surface area contributed by atoms with E-state index in [1.54, 1.807) is 13.8 Å². The van der Waals surface area contributed by atoms with E-state index in [9.17, 15) is 9.59 Å². The number of nitrogens with zero attached hydrogens (tertiary/aromatic N) is 1. The van der Waals surface area contributed by atoms with Crippen LogP contribution in [0.15, 0.2) is 48.0 Å². The quantitative estimate of drug-likeness (QED) is 0.470. The average molecular weight is 398 g/mol. The average Bonchev–Trinajstić information content (AvgIpc) is 2.96. The largest absolute Gasteiger partial charge is 0.336 e. The van der Waals surface area contributed by atoms with Crippen LogP contribution >= 0.6 is 0 Å². The van der Waals surface area contributed by atoms with Crippen molar-refractivity contribution >= 4 is 28.5 Å². The Morgan fingerprint density at radius 1 is 0.933 bits per heavy atom. The van der Waals surface area contributed by atoms with Crippen molar-refractivity contribution in [3.05, 3.63) is 64.7 Å². The summed E-state index contributed by atoms with van der Waals surface area (Å²) >= 11 is 0. The lowest BCUT2D eigenvalue weighted by atomic mass is 9.81. The van der Waals surface area contributed by atoms with Gasteiger partial charge in [-0.15, -0.1) is 0 Å². The van der Waals surface area contributed by atoms with Gasteiger partial charge >= 0.3 is 0 Å². The van der Waals surface area contributed by atoms with Crippen LogP contribution in [0.1, 0.15) is 73.4 Å². The summed E-state index contributed by atoms with van der Waals surface area (Å²) < 4.78 is 2.30. The van der Waals surface area contributed by atoms with Gasteiger partial charge in [-0.2, -0.15) is 0 Å². The molecule has 0 spiro atoms. The maximum absolute atomic E-state index is 12.5. The molecule has 0 atom stereocenters. The third-order valence-corrected chi connectivity index (χ3v) is 6.85. The first-order valence-corrected chi connectivity index (χ1v) is 11.0. The zero-order chi connectivity index (χ0) is 20.8. The number of hydrogen-bond donors (Lipinski definition) is 0. The van der Waals surface area contributed by atoms with Crippen molar-refractivity contribution in [3.63, 3.8) is 0 Å². The number of fused-ring (bicyclic) bond motifs is 5. The van der Waals surface area contributed by atoms with Gasteiger partial charge in [-0.25, -0.2) is 0 Å². The SMILES string of the molecule is CC(=O)C1=Cc2ccccc2-c2c(C3CCCCC3)c3ccc(C(C)=O)cc3n2C1. The Morgan fingerprint density at radius 2 is 1.70 bits per heavy atom. The van der Waals surface area contributed by atoms with Crippen molar-refractivity contribution in [2.45, 2.75) is 58.4 Å². The van der Waals surface area contributed by atoms with Crippen LogP contribution in [0.3, 0.4) is 0 Å². The number of benzene rings is 2. The fraction of sp³-hybridized carbons (Fsp3) is 0.333. The number of carbonyl (C=O) groups excluding carboxylic acids is 2. The van der Waals surface area contributed by atoms with Gasteiger partial charge in [0.1, 0.15) is 0 Å². The lowest BCUT2D eigenvalue weighted by molar-refractivity contribution is -0.113. The van der Waals surface area contributed by atoms with Gasteiger partial charge in [0.25, 0.3) is 0 Å². The first kappa shape index (κ1) is 19.0. The highest BCUT2D eigenvalue weighted by Gasteiger charge is 2.29. The third kappa shape index (κ3) is 3.04.